The van der Waals surface area contributed by atoms with Gasteiger partial charge in [0, 0.05) is 20.1 Å². The van der Waals surface area contributed by atoms with Crippen molar-refractivity contribution in [3.05, 3.63) is 0 Å². The molecule has 0 radical (unpaired) electrons. The lowest BCUT2D eigenvalue weighted by Gasteiger charge is -2.36. The molecule has 0 aliphatic carbocycles. The van der Waals surface area contributed by atoms with Crippen LogP contribution in [-0.4, -0.2) is 74.0 Å². The van der Waals surface area contributed by atoms with Gasteiger partial charge in [-0.15, -0.1) is 0 Å². The molecule has 2 heterocycles. The zero-order valence-corrected chi connectivity index (χ0v) is 12.5. The maximum Gasteiger partial charge on any atom is 0.240 e. The van der Waals surface area contributed by atoms with Crippen LogP contribution in [0, 0.1) is 0 Å². The van der Waals surface area contributed by atoms with E-state index in [0.29, 0.717) is 6.04 Å². The Morgan fingerprint density at radius 1 is 1.30 bits per heavy atom. The molecule has 2 saturated heterocycles. The fourth-order valence-corrected chi connectivity index (χ4v) is 3.26. The number of piperidine rings is 1. The highest BCUT2D eigenvalue weighted by Crippen LogP contribution is 2.25. The molecule has 0 bridgehead atoms. The highest BCUT2D eigenvalue weighted by atomic mass is 16.2. The largest absolute Gasteiger partial charge is 0.358 e. The Labute approximate surface area is 120 Å². The van der Waals surface area contributed by atoms with Gasteiger partial charge in [0.25, 0.3) is 0 Å². The number of carbonyl (C=O) groups is 2. The number of hydrogen-bond donors (Lipinski definition) is 2. The van der Waals surface area contributed by atoms with Crippen LogP contribution in [0.1, 0.15) is 25.7 Å². The predicted molar refractivity (Wildman–Crippen MR) is 77.3 cm³/mol. The lowest BCUT2D eigenvalue weighted by molar-refractivity contribution is -0.139. The third-order valence-electron chi connectivity index (χ3n) is 4.39. The molecule has 2 fully saturated rings. The summed E-state index contributed by atoms with van der Waals surface area (Å²) in [7, 11) is 3.31. The summed E-state index contributed by atoms with van der Waals surface area (Å²) in [4.78, 5) is 27.9. The zero-order valence-electron chi connectivity index (χ0n) is 12.5. The van der Waals surface area contributed by atoms with E-state index >= 15 is 0 Å². The van der Waals surface area contributed by atoms with Gasteiger partial charge in [0.15, 0.2) is 0 Å². The molecule has 0 saturated carbocycles. The lowest BCUT2D eigenvalue weighted by Crippen LogP contribution is -2.52. The highest BCUT2D eigenvalue weighted by Gasteiger charge is 2.37. The fourth-order valence-electron chi connectivity index (χ4n) is 3.26. The van der Waals surface area contributed by atoms with E-state index in [1.807, 2.05) is 0 Å². The minimum Gasteiger partial charge on any atom is -0.358 e. The van der Waals surface area contributed by atoms with Crippen molar-refractivity contribution in [1.29, 1.82) is 0 Å². The van der Waals surface area contributed by atoms with Crippen LogP contribution in [0.3, 0.4) is 0 Å². The molecule has 0 aromatic heterocycles. The van der Waals surface area contributed by atoms with Crippen LogP contribution < -0.4 is 10.6 Å². The number of hydrogen-bond acceptors (Lipinski definition) is 4. The Kier molecular flexibility index (Phi) is 5.37. The van der Waals surface area contributed by atoms with Gasteiger partial charge in [-0.3, -0.25) is 14.5 Å². The monoisotopic (exact) mass is 282 g/mol. The molecule has 1 atom stereocenters. The van der Waals surface area contributed by atoms with Gasteiger partial charge in [0.1, 0.15) is 0 Å². The van der Waals surface area contributed by atoms with E-state index in [9.17, 15) is 9.59 Å². The summed E-state index contributed by atoms with van der Waals surface area (Å²) in [6.45, 7) is 3.23. The van der Waals surface area contributed by atoms with E-state index in [1.165, 1.54) is 0 Å². The first-order chi connectivity index (χ1) is 9.63. The number of nitrogens with one attached hydrogen (secondary N) is 2. The average molecular weight is 282 g/mol. The smallest absolute Gasteiger partial charge is 0.240 e. The molecule has 0 spiro atoms. The van der Waals surface area contributed by atoms with Gasteiger partial charge in [-0.05, 0) is 45.3 Å². The van der Waals surface area contributed by atoms with E-state index in [4.69, 9.17) is 0 Å². The molecule has 2 aliphatic rings. The van der Waals surface area contributed by atoms with Crippen molar-refractivity contribution in [3.8, 4) is 0 Å². The van der Waals surface area contributed by atoms with E-state index in [0.717, 1.165) is 45.3 Å². The molecule has 6 nitrogen and oxygen atoms in total. The molecule has 1 unspecified atom stereocenters. The van der Waals surface area contributed by atoms with Gasteiger partial charge in [-0.1, -0.05) is 0 Å². The van der Waals surface area contributed by atoms with E-state index in [1.54, 1.807) is 19.0 Å². The SMILES string of the molecule is CNC(=O)CN(C)C(=O)C1CCCN1C1CCNCC1. The van der Waals surface area contributed by atoms with Crippen molar-refractivity contribution < 1.29 is 9.59 Å². The maximum absolute atomic E-state index is 12.5. The van der Waals surface area contributed by atoms with Crippen molar-refractivity contribution >= 4 is 11.8 Å². The second-order valence-corrected chi connectivity index (χ2v) is 5.74. The first-order valence-corrected chi connectivity index (χ1v) is 7.55. The zero-order chi connectivity index (χ0) is 14.5. The number of nitrogens with zero attached hydrogens (tertiary/aromatic N) is 2. The number of amides is 2. The topological polar surface area (TPSA) is 64.7 Å². The van der Waals surface area contributed by atoms with Crippen molar-refractivity contribution in [1.82, 2.24) is 20.4 Å². The van der Waals surface area contributed by atoms with Crippen LogP contribution >= 0.6 is 0 Å². The summed E-state index contributed by atoms with van der Waals surface area (Å²) < 4.78 is 0. The molecular weight excluding hydrogens is 256 g/mol. The van der Waals surface area contributed by atoms with Crippen LogP contribution in [0.5, 0.6) is 0 Å². The lowest BCUT2D eigenvalue weighted by atomic mass is 10.0. The number of carbonyl (C=O) groups excluding carboxylic acids is 2. The fraction of sp³-hybridized carbons (Fsp3) is 0.857. The Bertz CT molecular complexity index is 355. The van der Waals surface area contributed by atoms with Gasteiger partial charge in [0.05, 0.1) is 12.6 Å². The Morgan fingerprint density at radius 2 is 2.00 bits per heavy atom. The third-order valence-corrected chi connectivity index (χ3v) is 4.39. The first kappa shape index (κ1) is 15.3. The molecular formula is C14H26N4O2. The molecule has 0 aromatic carbocycles. The van der Waals surface area contributed by atoms with Gasteiger partial charge in [-0.2, -0.15) is 0 Å². The number of likely N-dealkylation sites (tertiary alicyclic amines) is 1. The quantitative estimate of drug-likeness (QED) is 0.723. The molecule has 0 aromatic rings. The van der Waals surface area contributed by atoms with Crippen molar-refractivity contribution in [2.45, 2.75) is 37.8 Å². The number of likely N-dealkylation sites (N-methyl/N-ethyl adjacent to an activating group) is 2. The Hall–Kier alpha value is -1.14. The second-order valence-electron chi connectivity index (χ2n) is 5.74. The molecule has 2 amide bonds. The first-order valence-electron chi connectivity index (χ1n) is 7.55. The maximum atomic E-state index is 12.5. The van der Waals surface area contributed by atoms with E-state index in [-0.39, 0.29) is 24.4 Å². The van der Waals surface area contributed by atoms with Crippen molar-refractivity contribution in [3.63, 3.8) is 0 Å². The second kappa shape index (κ2) is 7.04. The van der Waals surface area contributed by atoms with Gasteiger partial charge < -0.3 is 15.5 Å². The summed E-state index contributed by atoms with van der Waals surface area (Å²) >= 11 is 0. The number of rotatable bonds is 4. The molecule has 114 valence electrons. The Balaban J connectivity index is 1.95. The van der Waals surface area contributed by atoms with Crippen LogP contribution in [0.2, 0.25) is 0 Å². The predicted octanol–water partition coefficient (Wildman–Crippen LogP) is -0.593. The minimum absolute atomic E-state index is 0.0345. The van der Waals surface area contributed by atoms with E-state index in [2.05, 4.69) is 15.5 Å². The normalized spacial score (nSPS) is 24.6. The summed E-state index contributed by atoms with van der Waals surface area (Å²) in [5.41, 5.74) is 0. The molecule has 2 aliphatic heterocycles. The average Bonchev–Trinajstić information content (AvgIpc) is 2.96. The summed E-state index contributed by atoms with van der Waals surface area (Å²) in [5.74, 6) is -0.0307. The summed E-state index contributed by atoms with van der Waals surface area (Å²) in [5, 5.41) is 5.92. The molecule has 2 rings (SSSR count). The van der Waals surface area contributed by atoms with E-state index < -0.39 is 0 Å². The molecule has 2 N–H and O–H groups in total. The van der Waals surface area contributed by atoms with Gasteiger partial charge >= 0.3 is 0 Å². The van der Waals surface area contributed by atoms with Gasteiger partial charge in [0.2, 0.25) is 11.8 Å². The van der Waals surface area contributed by atoms with Crippen LogP contribution in [0.25, 0.3) is 0 Å². The standard InChI is InChI=1S/C14H26N4O2/c1-15-13(19)10-17(2)14(20)12-4-3-9-18(12)11-5-7-16-8-6-11/h11-12,16H,3-10H2,1-2H3,(H,15,19). The third kappa shape index (κ3) is 3.49. The molecule has 20 heavy (non-hydrogen) atoms. The minimum atomic E-state index is -0.118. The summed E-state index contributed by atoms with van der Waals surface area (Å²) in [6.07, 6.45) is 4.22. The van der Waals surface area contributed by atoms with Crippen molar-refractivity contribution in [2.75, 3.05) is 40.3 Å². The molecule has 6 heteroatoms. The van der Waals surface area contributed by atoms with Crippen LogP contribution in [-0.2, 0) is 9.59 Å². The highest BCUT2D eigenvalue weighted by molar-refractivity contribution is 5.87. The van der Waals surface area contributed by atoms with Crippen LogP contribution in [0.4, 0.5) is 0 Å². The van der Waals surface area contributed by atoms with Gasteiger partial charge in [-0.25, -0.2) is 0 Å². The summed E-state index contributed by atoms with van der Waals surface area (Å²) in [6, 6.07) is 0.480. The Morgan fingerprint density at radius 3 is 2.65 bits per heavy atom. The van der Waals surface area contributed by atoms with Crippen molar-refractivity contribution in [2.24, 2.45) is 0 Å². The van der Waals surface area contributed by atoms with Crippen LogP contribution in [0.15, 0.2) is 0 Å².